The van der Waals surface area contributed by atoms with Gasteiger partial charge in [0.05, 0.1) is 24.0 Å². The number of carbonyl (C=O) groups is 1. The molecule has 1 aliphatic rings. The number of anilines is 2. The van der Waals surface area contributed by atoms with Crippen molar-refractivity contribution in [3.63, 3.8) is 0 Å². The molecule has 0 saturated heterocycles. The van der Waals surface area contributed by atoms with Crippen molar-refractivity contribution in [2.45, 2.75) is 44.6 Å². The first-order valence-electron chi connectivity index (χ1n) is 8.65. The summed E-state index contributed by atoms with van der Waals surface area (Å²) < 4.78 is 0. The third-order valence-corrected chi connectivity index (χ3v) is 4.34. The van der Waals surface area contributed by atoms with Gasteiger partial charge in [-0.2, -0.15) is 5.26 Å². The van der Waals surface area contributed by atoms with E-state index in [2.05, 4.69) is 20.6 Å². The van der Waals surface area contributed by atoms with Gasteiger partial charge < -0.3 is 10.6 Å². The number of nitrogens with one attached hydrogen (secondary N) is 2. The van der Waals surface area contributed by atoms with Crippen molar-refractivity contribution in [1.82, 2.24) is 9.97 Å². The van der Waals surface area contributed by atoms with E-state index >= 15 is 0 Å². The molecule has 1 amide bonds. The predicted molar refractivity (Wildman–Crippen MR) is 96.3 cm³/mol. The van der Waals surface area contributed by atoms with Crippen LogP contribution in [0.25, 0.3) is 0 Å². The maximum absolute atomic E-state index is 12.2. The number of benzene rings is 1. The highest BCUT2D eigenvalue weighted by Gasteiger charge is 2.13. The molecule has 0 atom stereocenters. The largest absolute Gasteiger partial charge is 0.366 e. The maximum atomic E-state index is 12.2. The molecule has 1 heterocycles. The number of carbonyl (C=O) groups excluding carboxylic acids is 1. The Morgan fingerprint density at radius 3 is 2.60 bits per heavy atom. The smallest absolute Gasteiger partial charge is 0.275 e. The Kier molecular flexibility index (Phi) is 5.57. The van der Waals surface area contributed by atoms with Crippen molar-refractivity contribution in [3.8, 4) is 6.07 Å². The monoisotopic (exact) mass is 335 g/mol. The van der Waals surface area contributed by atoms with Crippen LogP contribution in [0.1, 0.15) is 54.6 Å². The molecule has 2 aromatic rings. The zero-order chi connectivity index (χ0) is 17.5. The van der Waals surface area contributed by atoms with E-state index in [1.807, 2.05) is 6.07 Å². The molecular weight excluding hydrogens is 314 g/mol. The van der Waals surface area contributed by atoms with Crippen LogP contribution >= 0.6 is 0 Å². The molecule has 6 nitrogen and oxygen atoms in total. The van der Waals surface area contributed by atoms with Gasteiger partial charge in [0, 0.05) is 11.7 Å². The van der Waals surface area contributed by atoms with E-state index in [4.69, 9.17) is 5.26 Å². The lowest BCUT2D eigenvalue weighted by Gasteiger charge is -2.16. The van der Waals surface area contributed by atoms with Crippen molar-refractivity contribution in [3.05, 3.63) is 47.9 Å². The van der Waals surface area contributed by atoms with Gasteiger partial charge in [-0.15, -0.1) is 0 Å². The molecule has 0 unspecified atom stereocenters. The van der Waals surface area contributed by atoms with Gasteiger partial charge in [0.25, 0.3) is 5.91 Å². The Morgan fingerprint density at radius 2 is 1.92 bits per heavy atom. The molecule has 1 aromatic heterocycles. The summed E-state index contributed by atoms with van der Waals surface area (Å²) in [5.41, 5.74) is 1.30. The van der Waals surface area contributed by atoms with Gasteiger partial charge in [-0.25, -0.2) is 9.97 Å². The number of rotatable bonds is 4. The summed E-state index contributed by atoms with van der Waals surface area (Å²) in [5, 5.41) is 15.0. The van der Waals surface area contributed by atoms with Gasteiger partial charge in [-0.05, 0) is 31.0 Å². The average molecular weight is 335 g/mol. The molecule has 1 fully saturated rings. The molecular formula is C19H21N5O. The molecule has 6 heteroatoms. The summed E-state index contributed by atoms with van der Waals surface area (Å²) in [5.74, 6) is 0.360. The highest BCUT2D eigenvalue weighted by molar-refractivity contribution is 6.02. The second-order valence-corrected chi connectivity index (χ2v) is 6.27. The first-order chi connectivity index (χ1) is 12.2. The molecule has 2 N–H and O–H groups in total. The highest BCUT2D eigenvalue weighted by atomic mass is 16.1. The van der Waals surface area contributed by atoms with Crippen molar-refractivity contribution in [2.75, 3.05) is 10.6 Å². The average Bonchev–Trinajstić information content (AvgIpc) is 2.91. The molecule has 0 radical (unpaired) electrons. The molecule has 0 aliphatic heterocycles. The van der Waals surface area contributed by atoms with Crippen molar-refractivity contribution in [1.29, 1.82) is 5.26 Å². The first-order valence-corrected chi connectivity index (χ1v) is 8.65. The minimum atomic E-state index is -0.344. The maximum Gasteiger partial charge on any atom is 0.275 e. The van der Waals surface area contributed by atoms with Crippen LogP contribution < -0.4 is 10.6 Å². The van der Waals surface area contributed by atoms with E-state index in [0.29, 0.717) is 23.1 Å². The first kappa shape index (κ1) is 16.9. The van der Waals surface area contributed by atoms with Gasteiger partial charge in [-0.3, -0.25) is 4.79 Å². The second kappa shape index (κ2) is 8.25. The van der Waals surface area contributed by atoms with Gasteiger partial charge in [0.15, 0.2) is 0 Å². The topological polar surface area (TPSA) is 90.7 Å². The van der Waals surface area contributed by atoms with Crippen LogP contribution in [0.2, 0.25) is 0 Å². The number of hydrogen-bond acceptors (Lipinski definition) is 5. The fourth-order valence-electron chi connectivity index (χ4n) is 3.01. The standard InChI is InChI=1S/C19H21N5O/c20-11-14-6-5-9-16(10-14)24-19(25)17-12-22-18(13-21-17)23-15-7-3-1-2-4-8-15/h5-6,9-10,12-13,15H,1-4,7-8H2,(H,22,23)(H,24,25). The number of nitriles is 1. The van der Waals surface area contributed by atoms with E-state index in [0.717, 1.165) is 12.8 Å². The van der Waals surface area contributed by atoms with Crippen LogP contribution in [-0.2, 0) is 0 Å². The van der Waals surface area contributed by atoms with E-state index < -0.39 is 0 Å². The fraction of sp³-hybridized carbons (Fsp3) is 0.368. The molecule has 1 aliphatic carbocycles. The number of hydrogen-bond donors (Lipinski definition) is 2. The molecule has 3 rings (SSSR count). The highest BCUT2D eigenvalue weighted by Crippen LogP contribution is 2.20. The van der Waals surface area contributed by atoms with Gasteiger partial charge in [-0.1, -0.05) is 31.7 Å². The quantitative estimate of drug-likeness (QED) is 0.831. The second-order valence-electron chi connectivity index (χ2n) is 6.27. The number of amides is 1. The zero-order valence-electron chi connectivity index (χ0n) is 14.0. The molecule has 0 spiro atoms. The van der Waals surface area contributed by atoms with Crippen molar-refractivity contribution >= 4 is 17.4 Å². The van der Waals surface area contributed by atoms with Crippen molar-refractivity contribution in [2.24, 2.45) is 0 Å². The summed E-state index contributed by atoms with van der Waals surface area (Å²) in [6, 6.07) is 9.23. The number of aromatic nitrogens is 2. The Morgan fingerprint density at radius 1 is 1.12 bits per heavy atom. The molecule has 1 saturated carbocycles. The van der Waals surface area contributed by atoms with Crippen LogP contribution in [0, 0.1) is 11.3 Å². The lowest BCUT2D eigenvalue weighted by atomic mass is 10.1. The summed E-state index contributed by atoms with van der Waals surface area (Å²) >= 11 is 0. The van der Waals surface area contributed by atoms with Crippen LogP contribution in [0.4, 0.5) is 11.5 Å². The minimum absolute atomic E-state index is 0.244. The third kappa shape index (κ3) is 4.77. The van der Waals surface area contributed by atoms with E-state index in [-0.39, 0.29) is 11.6 Å². The van der Waals surface area contributed by atoms with Crippen LogP contribution in [0.3, 0.4) is 0 Å². The van der Waals surface area contributed by atoms with Gasteiger partial charge in [0.2, 0.25) is 0 Å². The Bertz CT molecular complexity index is 758. The number of nitrogens with zero attached hydrogens (tertiary/aromatic N) is 3. The summed E-state index contributed by atoms with van der Waals surface area (Å²) in [4.78, 5) is 20.8. The molecule has 0 bridgehead atoms. The van der Waals surface area contributed by atoms with Crippen molar-refractivity contribution < 1.29 is 4.79 Å². The van der Waals surface area contributed by atoms with Gasteiger partial charge in [0.1, 0.15) is 11.5 Å². The summed E-state index contributed by atoms with van der Waals surface area (Å²) in [6.45, 7) is 0. The molecule has 1 aromatic carbocycles. The third-order valence-electron chi connectivity index (χ3n) is 4.34. The van der Waals surface area contributed by atoms with E-state index in [1.165, 1.54) is 31.9 Å². The zero-order valence-corrected chi connectivity index (χ0v) is 14.0. The normalized spacial score (nSPS) is 15.0. The van der Waals surface area contributed by atoms with E-state index in [9.17, 15) is 4.79 Å². The van der Waals surface area contributed by atoms with Crippen LogP contribution in [0.15, 0.2) is 36.7 Å². The van der Waals surface area contributed by atoms with Gasteiger partial charge >= 0.3 is 0 Å². The SMILES string of the molecule is N#Cc1cccc(NC(=O)c2cnc(NC3CCCCCC3)cn2)c1. The fourth-order valence-corrected chi connectivity index (χ4v) is 3.01. The Hall–Kier alpha value is -2.94. The minimum Gasteiger partial charge on any atom is -0.366 e. The predicted octanol–water partition coefficient (Wildman–Crippen LogP) is 3.74. The Balaban J connectivity index is 1.61. The Labute approximate surface area is 147 Å². The summed E-state index contributed by atoms with van der Waals surface area (Å²) in [6.07, 6.45) is 10.5. The van der Waals surface area contributed by atoms with Crippen LogP contribution in [0.5, 0.6) is 0 Å². The van der Waals surface area contributed by atoms with E-state index in [1.54, 1.807) is 30.5 Å². The summed E-state index contributed by atoms with van der Waals surface area (Å²) in [7, 11) is 0. The molecule has 128 valence electrons. The lowest BCUT2D eigenvalue weighted by molar-refractivity contribution is 0.102. The molecule has 25 heavy (non-hydrogen) atoms. The lowest BCUT2D eigenvalue weighted by Crippen LogP contribution is -2.20. The van der Waals surface area contributed by atoms with Crippen LogP contribution in [-0.4, -0.2) is 21.9 Å².